The summed E-state index contributed by atoms with van der Waals surface area (Å²) < 4.78 is 10.9. The molecule has 3 aromatic carbocycles. The van der Waals surface area contributed by atoms with Crippen molar-refractivity contribution >= 4 is 34.2 Å². The van der Waals surface area contributed by atoms with Crippen molar-refractivity contribution < 1.29 is 9.15 Å². The van der Waals surface area contributed by atoms with Gasteiger partial charge in [-0.3, -0.25) is 0 Å². The average molecular weight is 411 g/mol. The van der Waals surface area contributed by atoms with Crippen LogP contribution in [0.1, 0.15) is 5.56 Å². The van der Waals surface area contributed by atoms with Crippen LogP contribution in [0, 0.1) is 6.92 Å². The fourth-order valence-corrected chi connectivity index (χ4v) is 3.55. The third-order valence-corrected chi connectivity index (χ3v) is 5.36. The number of aryl methyl sites for hydroxylation is 1. The molecule has 5 heteroatoms. The van der Waals surface area contributed by atoms with Crippen LogP contribution >= 0.6 is 23.2 Å². The molecule has 1 heterocycles. The molecule has 0 aliphatic carbocycles. The van der Waals surface area contributed by atoms with Gasteiger partial charge in [-0.2, -0.15) is 0 Å². The molecule has 3 nitrogen and oxygen atoms in total. The Bertz CT molecular complexity index is 1220. The van der Waals surface area contributed by atoms with Crippen LogP contribution in [0.15, 0.2) is 69.9 Å². The first kappa shape index (κ1) is 18.6. The number of fused-ring (bicyclic) bond motifs is 1. The minimum atomic E-state index is -0.413. The number of hydrogen-bond acceptors (Lipinski definition) is 3. The summed E-state index contributed by atoms with van der Waals surface area (Å²) in [5, 5.41) is 2.00. The lowest BCUT2D eigenvalue weighted by Crippen LogP contribution is -2.06. The molecule has 0 saturated carbocycles. The zero-order chi connectivity index (χ0) is 19.8. The summed E-state index contributed by atoms with van der Waals surface area (Å²) in [5.74, 6) is 0.709. The lowest BCUT2D eigenvalue weighted by Gasteiger charge is -2.14. The van der Waals surface area contributed by atoms with E-state index in [-0.39, 0.29) is 0 Å². The van der Waals surface area contributed by atoms with Gasteiger partial charge in [0.1, 0.15) is 11.3 Å². The van der Waals surface area contributed by atoms with Gasteiger partial charge in [-0.05, 0) is 60.0 Å². The molecule has 1 aromatic heterocycles. The van der Waals surface area contributed by atoms with E-state index in [1.54, 1.807) is 25.3 Å². The van der Waals surface area contributed by atoms with Gasteiger partial charge in [0.05, 0.1) is 12.7 Å². The zero-order valence-electron chi connectivity index (χ0n) is 15.3. The molecule has 4 rings (SSSR count). The summed E-state index contributed by atoms with van der Waals surface area (Å²) in [5.41, 5.74) is 3.74. The molecule has 0 atom stereocenters. The first-order valence-electron chi connectivity index (χ1n) is 8.65. The topological polar surface area (TPSA) is 39.4 Å². The third-order valence-electron chi connectivity index (χ3n) is 4.70. The Balaban J connectivity index is 2.11. The van der Waals surface area contributed by atoms with Crippen molar-refractivity contribution in [2.24, 2.45) is 0 Å². The summed E-state index contributed by atoms with van der Waals surface area (Å²) in [6.07, 6.45) is 0. The Kier molecular flexibility index (Phi) is 4.88. The van der Waals surface area contributed by atoms with E-state index in [9.17, 15) is 4.79 Å². The Morgan fingerprint density at radius 1 is 0.857 bits per heavy atom. The van der Waals surface area contributed by atoms with Gasteiger partial charge in [0, 0.05) is 21.0 Å². The van der Waals surface area contributed by atoms with Gasteiger partial charge in [-0.15, -0.1) is 0 Å². The number of benzene rings is 3. The van der Waals surface area contributed by atoms with Crippen LogP contribution in [-0.4, -0.2) is 7.11 Å². The molecule has 0 radical (unpaired) electrons. The summed E-state index contributed by atoms with van der Waals surface area (Å²) in [6.45, 7) is 1.88. The third kappa shape index (κ3) is 3.28. The molecule has 0 bridgehead atoms. The van der Waals surface area contributed by atoms with Crippen LogP contribution in [0.25, 0.3) is 33.2 Å². The van der Waals surface area contributed by atoms with Crippen molar-refractivity contribution in [2.45, 2.75) is 6.92 Å². The molecule has 140 valence electrons. The average Bonchev–Trinajstić information content (AvgIpc) is 2.69. The monoisotopic (exact) mass is 410 g/mol. The highest BCUT2D eigenvalue weighted by atomic mass is 35.5. The van der Waals surface area contributed by atoms with E-state index in [2.05, 4.69) is 0 Å². The maximum atomic E-state index is 13.0. The Morgan fingerprint density at radius 2 is 1.46 bits per heavy atom. The quantitative estimate of drug-likeness (QED) is 0.350. The smallest absolute Gasteiger partial charge is 0.344 e. The minimum absolute atomic E-state index is 0.413. The van der Waals surface area contributed by atoms with Crippen molar-refractivity contribution in [2.75, 3.05) is 7.11 Å². The van der Waals surface area contributed by atoms with Gasteiger partial charge in [0.15, 0.2) is 0 Å². The Morgan fingerprint density at radius 3 is 2.11 bits per heavy atom. The van der Waals surface area contributed by atoms with E-state index in [1.807, 2.05) is 49.4 Å². The highest BCUT2D eigenvalue weighted by Gasteiger charge is 2.19. The van der Waals surface area contributed by atoms with Crippen LogP contribution < -0.4 is 10.4 Å². The van der Waals surface area contributed by atoms with Crippen LogP contribution in [-0.2, 0) is 0 Å². The molecule has 0 amide bonds. The summed E-state index contributed by atoms with van der Waals surface area (Å²) >= 11 is 12.5. The van der Waals surface area contributed by atoms with E-state index in [0.29, 0.717) is 26.9 Å². The summed E-state index contributed by atoms with van der Waals surface area (Å²) in [6, 6.07) is 18.3. The standard InChI is InChI=1S/C23H16Cl2O3/c1-13-11-20-18(12-19(13)25)21(14-3-7-16(24)8-4-14)22(23(26)28-20)15-5-9-17(27-2)10-6-15/h3-12H,1-2H3. The fraction of sp³-hybridized carbons (Fsp3) is 0.0870. The highest BCUT2D eigenvalue weighted by molar-refractivity contribution is 6.32. The van der Waals surface area contributed by atoms with Gasteiger partial charge >= 0.3 is 5.63 Å². The van der Waals surface area contributed by atoms with Crippen molar-refractivity contribution in [1.82, 2.24) is 0 Å². The number of halogens is 2. The van der Waals surface area contributed by atoms with Crippen LogP contribution in [0.4, 0.5) is 0 Å². The number of rotatable bonds is 3. The first-order chi connectivity index (χ1) is 13.5. The molecular weight excluding hydrogens is 395 g/mol. The second-order valence-corrected chi connectivity index (χ2v) is 7.32. The van der Waals surface area contributed by atoms with Crippen molar-refractivity contribution in [3.05, 3.63) is 86.7 Å². The van der Waals surface area contributed by atoms with Gasteiger partial charge in [-0.25, -0.2) is 4.79 Å². The van der Waals surface area contributed by atoms with Crippen molar-refractivity contribution in [3.63, 3.8) is 0 Å². The molecule has 28 heavy (non-hydrogen) atoms. The van der Waals surface area contributed by atoms with Crippen molar-refractivity contribution in [3.8, 4) is 28.0 Å². The van der Waals surface area contributed by atoms with Gasteiger partial charge < -0.3 is 9.15 Å². The molecule has 0 unspecified atom stereocenters. The van der Waals surface area contributed by atoms with E-state index in [1.165, 1.54) is 0 Å². The lowest BCUT2D eigenvalue weighted by molar-refractivity contribution is 0.415. The molecule has 0 spiro atoms. The van der Waals surface area contributed by atoms with E-state index >= 15 is 0 Å². The molecule has 0 saturated heterocycles. The molecule has 0 aliphatic rings. The largest absolute Gasteiger partial charge is 0.497 e. The molecule has 0 aliphatic heterocycles. The number of hydrogen-bond donors (Lipinski definition) is 0. The van der Waals surface area contributed by atoms with Gasteiger partial charge in [0.25, 0.3) is 0 Å². The molecule has 4 aromatic rings. The fourth-order valence-electron chi connectivity index (χ4n) is 3.26. The minimum Gasteiger partial charge on any atom is -0.497 e. The maximum absolute atomic E-state index is 13.0. The lowest BCUT2D eigenvalue weighted by atomic mass is 9.92. The van der Waals surface area contributed by atoms with Crippen LogP contribution in [0.3, 0.4) is 0 Å². The van der Waals surface area contributed by atoms with Crippen molar-refractivity contribution in [1.29, 1.82) is 0 Å². The van der Waals surface area contributed by atoms with Gasteiger partial charge in [0.2, 0.25) is 0 Å². The zero-order valence-corrected chi connectivity index (χ0v) is 16.8. The second kappa shape index (κ2) is 7.34. The highest BCUT2D eigenvalue weighted by Crippen LogP contribution is 2.38. The number of ether oxygens (including phenoxy) is 1. The molecule has 0 fully saturated rings. The SMILES string of the molecule is COc1ccc(-c2c(-c3ccc(Cl)cc3)c3cc(Cl)c(C)cc3oc2=O)cc1. The summed E-state index contributed by atoms with van der Waals surface area (Å²) in [4.78, 5) is 13.0. The first-order valence-corrected chi connectivity index (χ1v) is 9.41. The Labute approximate surface area is 172 Å². The van der Waals surface area contributed by atoms with E-state index in [0.717, 1.165) is 27.6 Å². The van der Waals surface area contributed by atoms with Crippen LogP contribution in [0.2, 0.25) is 10.0 Å². The maximum Gasteiger partial charge on any atom is 0.344 e. The predicted octanol–water partition coefficient (Wildman–Crippen LogP) is 6.75. The molecule has 0 N–H and O–H groups in total. The van der Waals surface area contributed by atoms with Gasteiger partial charge in [-0.1, -0.05) is 47.5 Å². The van der Waals surface area contributed by atoms with E-state index in [4.69, 9.17) is 32.4 Å². The van der Waals surface area contributed by atoms with E-state index < -0.39 is 5.63 Å². The molecular formula is C23H16Cl2O3. The second-order valence-electron chi connectivity index (χ2n) is 6.47. The predicted molar refractivity (Wildman–Crippen MR) is 115 cm³/mol. The normalized spacial score (nSPS) is 11.0. The Hall–Kier alpha value is -2.75. The summed E-state index contributed by atoms with van der Waals surface area (Å²) in [7, 11) is 1.60. The number of methoxy groups -OCH3 is 1. The van der Waals surface area contributed by atoms with Crippen LogP contribution in [0.5, 0.6) is 5.75 Å².